The van der Waals surface area contributed by atoms with E-state index >= 15 is 0 Å². The van der Waals surface area contributed by atoms with E-state index < -0.39 is 0 Å². The Kier molecular flexibility index (Phi) is 6.02. The number of amides is 1. The molecule has 0 atom stereocenters. The highest BCUT2D eigenvalue weighted by molar-refractivity contribution is 6.12. The first-order valence-corrected chi connectivity index (χ1v) is 11.6. The summed E-state index contributed by atoms with van der Waals surface area (Å²) in [5.74, 6) is 0.551. The number of hydrogen-bond donors (Lipinski definition) is 1. The van der Waals surface area contributed by atoms with Gasteiger partial charge >= 0.3 is 6.01 Å². The Morgan fingerprint density at radius 2 is 1.60 bits per heavy atom. The lowest BCUT2D eigenvalue weighted by Crippen LogP contribution is -2.12. The summed E-state index contributed by atoms with van der Waals surface area (Å²) in [4.78, 5) is 17.7. The van der Waals surface area contributed by atoms with Crippen LogP contribution in [0, 0.1) is 6.92 Å². The molecule has 6 nitrogen and oxygen atoms in total. The highest BCUT2D eigenvalue weighted by Gasteiger charge is 2.17. The molecular weight excluding hydrogens is 436 g/mol. The fraction of sp³-hybridized carbons (Fsp3) is 0.138. The Bertz CT molecular complexity index is 1500. The number of nitrogens with one attached hydrogen (secondary N) is 1. The molecule has 5 rings (SSSR count). The molecule has 0 aliphatic heterocycles. The fourth-order valence-corrected chi connectivity index (χ4v) is 4.04. The van der Waals surface area contributed by atoms with Crippen LogP contribution in [0.4, 0.5) is 5.69 Å². The number of hydrogen-bond acceptors (Lipinski definition) is 4. The molecule has 0 fully saturated rings. The van der Waals surface area contributed by atoms with E-state index in [0.29, 0.717) is 23.1 Å². The van der Waals surface area contributed by atoms with Crippen LogP contribution >= 0.6 is 0 Å². The smallest absolute Gasteiger partial charge is 0.336 e. The van der Waals surface area contributed by atoms with E-state index in [-0.39, 0.29) is 12.0 Å². The van der Waals surface area contributed by atoms with Crippen LogP contribution in [0.3, 0.4) is 0 Å². The highest BCUT2D eigenvalue weighted by Crippen LogP contribution is 2.27. The molecule has 4 aromatic carbocycles. The minimum atomic E-state index is -0.150. The molecule has 0 spiro atoms. The number of rotatable bonds is 6. The van der Waals surface area contributed by atoms with Gasteiger partial charge in [-0.3, -0.25) is 4.79 Å². The molecule has 0 saturated carbocycles. The average Bonchev–Trinajstić information content (AvgIpc) is 3.27. The molecule has 1 aromatic heterocycles. The summed E-state index contributed by atoms with van der Waals surface area (Å²) >= 11 is 0. The number of benzene rings is 4. The number of carbonyl (C=O) groups excluding carboxylic acids is 1. The number of aryl methyl sites for hydroxylation is 1. The molecule has 1 N–H and O–H groups in total. The van der Waals surface area contributed by atoms with E-state index in [4.69, 9.17) is 4.74 Å². The van der Waals surface area contributed by atoms with Crippen molar-refractivity contribution in [2.45, 2.75) is 26.9 Å². The molecule has 0 radical (unpaired) electrons. The van der Waals surface area contributed by atoms with E-state index in [0.717, 1.165) is 27.6 Å². The topological polar surface area (TPSA) is 69.0 Å². The maximum atomic E-state index is 13.0. The van der Waals surface area contributed by atoms with Crippen LogP contribution in [0.5, 0.6) is 6.01 Å². The zero-order chi connectivity index (χ0) is 24.4. The monoisotopic (exact) mass is 462 g/mol. The van der Waals surface area contributed by atoms with Gasteiger partial charge in [-0.05, 0) is 67.4 Å². The van der Waals surface area contributed by atoms with Gasteiger partial charge in [-0.1, -0.05) is 60.7 Å². The lowest BCUT2D eigenvalue weighted by Gasteiger charge is -2.10. The number of carbonyl (C=O) groups is 1. The molecular formula is C29H26N4O2. The van der Waals surface area contributed by atoms with Crippen LogP contribution < -0.4 is 10.1 Å². The molecule has 35 heavy (non-hydrogen) atoms. The summed E-state index contributed by atoms with van der Waals surface area (Å²) in [7, 11) is 0. The highest BCUT2D eigenvalue weighted by atomic mass is 16.5. The molecule has 0 aliphatic carbocycles. The second kappa shape index (κ2) is 9.43. The Labute approximate surface area is 204 Å². The number of ether oxygens (including phenoxy) is 1. The van der Waals surface area contributed by atoms with Crippen LogP contribution in [0.1, 0.15) is 29.8 Å². The number of anilines is 1. The fourth-order valence-electron chi connectivity index (χ4n) is 4.04. The van der Waals surface area contributed by atoms with Crippen LogP contribution in [0.15, 0.2) is 91.0 Å². The van der Waals surface area contributed by atoms with Crippen molar-refractivity contribution in [2.75, 3.05) is 5.32 Å². The molecule has 0 unspecified atom stereocenters. The zero-order valence-corrected chi connectivity index (χ0v) is 19.9. The van der Waals surface area contributed by atoms with Crippen molar-refractivity contribution in [3.05, 3.63) is 102 Å². The van der Waals surface area contributed by atoms with Gasteiger partial charge < -0.3 is 10.1 Å². The molecule has 1 amide bonds. The standard InChI is InChI=1S/C29H26N4O2/c1-19(2)35-29-31-27(24-12-6-4-9-20(24)3)33(32-29)23-17-15-22(16-18-23)30-28(34)26-14-8-11-21-10-5-7-13-25(21)26/h4-19H,1-3H3,(H,30,34). The summed E-state index contributed by atoms with van der Waals surface area (Å²) in [6.07, 6.45) is -0.0396. The first kappa shape index (κ1) is 22.3. The first-order chi connectivity index (χ1) is 17.0. The quantitative estimate of drug-likeness (QED) is 0.315. The van der Waals surface area contributed by atoms with Crippen LogP contribution in [-0.4, -0.2) is 26.8 Å². The van der Waals surface area contributed by atoms with Crippen molar-refractivity contribution in [1.82, 2.24) is 14.8 Å². The third-order valence-electron chi connectivity index (χ3n) is 5.72. The lowest BCUT2D eigenvalue weighted by molar-refractivity contribution is 0.102. The largest absolute Gasteiger partial charge is 0.460 e. The Balaban J connectivity index is 1.45. The molecule has 6 heteroatoms. The Morgan fingerprint density at radius 3 is 2.37 bits per heavy atom. The molecule has 0 aliphatic rings. The predicted octanol–water partition coefficient (Wildman–Crippen LogP) is 6.44. The minimum absolute atomic E-state index is 0.0396. The van der Waals surface area contributed by atoms with Crippen LogP contribution in [0.2, 0.25) is 0 Å². The van der Waals surface area contributed by atoms with Crippen LogP contribution in [-0.2, 0) is 0 Å². The Morgan fingerprint density at radius 1 is 0.886 bits per heavy atom. The van der Waals surface area contributed by atoms with E-state index in [1.807, 2.05) is 112 Å². The molecule has 174 valence electrons. The zero-order valence-electron chi connectivity index (χ0n) is 19.9. The molecule has 1 heterocycles. The second-order valence-electron chi connectivity index (χ2n) is 8.64. The van der Waals surface area contributed by atoms with Gasteiger partial charge in [-0.15, -0.1) is 5.10 Å². The van der Waals surface area contributed by atoms with Gasteiger partial charge in [-0.2, -0.15) is 4.98 Å². The van der Waals surface area contributed by atoms with Crippen molar-refractivity contribution in [1.29, 1.82) is 0 Å². The van der Waals surface area contributed by atoms with Crippen molar-refractivity contribution in [2.24, 2.45) is 0 Å². The van der Waals surface area contributed by atoms with Crippen molar-refractivity contribution < 1.29 is 9.53 Å². The van der Waals surface area contributed by atoms with Gasteiger partial charge in [0.15, 0.2) is 5.82 Å². The normalized spacial score (nSPS) is 11.1. The van der Waals surface area contributed by atoms with Gasteiger partial charge in [0.25, 0.3) is 5.91 Å². The number of fused-ring (bicyclic) bond motifs is 1. The molecule has 5 aromatic rings. The number of aromatic nitrogens is 3. The lowest BCUT2D eigenvalue weighted by atomic mass is 10.0. The minimum Gasteiger partial charge on any atom is -0.460 e. The SMILES string of the molecule is Cc1ccccc1-c1nc(OC(C)C)nn1-c1ccc(NC(=O)c2cccc3ccccc23)cc1. The molecule has 0 saturated heterocycles. The van der Waals surface area contributed by atoms with Gasteiger partial charge in [-0.25, -0.2) is 4.68 Å². The van der Waals surface area contributed by atoms with Crippen molar-refractivity contribution in [3.63, 3.8) is 0 Å². The third kappa shape index (κ3) is 4.64. The van der Waals surface area contributed by atoms with Gasteiger partial charge in [0.2, 0.25) is 0 Å². The summed E-state index contributed by atoms with van der Waals surface area (Å²) in [6.45, 7) is 5.94. The molecule has 0 bridgehead atoms. The maximum absolute atomic E-state index is 13.0. The first-order valence-electron chi connectivity index (χ1n) is 11.6. The van der Waals surface area contributed by atoms with Crippen LogP contribution in [0.25, 0.3) is 27.8 Å². The summed E-state index contributed by atoms with van der Waals surface area (Å²) in [6, 6.07) is 29.5. The van der Waals surface area contributed by atoms with E-state index in [9.17, 15) is 4.79 Å². The predicted molar refractivity (Wildman–Crippen MR) is 139 cm³/mol. The van der Waals surface area contributed by atoms with E-state index in [1.54, 1.807) is 4.68 Å². The van der Waals surface area contributed by atoms with E-state index in [2.05, 4.69) is 15.4 Å². The average molecular weight is 463 g/mol. The second-order valence-corrected chi connectivity index (χ2v) is 8.64. The third-order valence-corrected chi connectivity index (χ3v) is 5.72. The maximum Gasteiger partial charge on any atom is 0.336 e. The van der Waals surface area contributed by atoms with Gasteiger partial charge in [0.1, 0.15) is 0 Å². The van der Waals surface area contributed by atoms with Gasteiger partial charge in [0, 0.05) is 16.8 Å². The summed E-state index contributed by atoms with van der Waals surface area (Å²) in [5.41, 5.74) is 4.23. The number of nitrogens with zero attached hydrogens (tertiary/aromatic N) is 3. The van der Waals surface area contributed by atoms with Gasteiger partial charge in [0.05, 0.1) is 11.8 Å². The van der Waals surface area contributed by atoms with Crippen molar-refractivity contribution in [3.8, 4) is 23.1 Å². The van der Waals surface area contributed by atoms with Crippen molar-refractivity contribution >= 4 is 22.4 Å². The summed E-state index contributed by atoms with van der Waals surface area (Å²) in [5, 5.41) is 9.57. The van der Waals surface area contributed by atoms with E-state index in [1.165, 1.54) is 0 Å². The summed E-state index contributed by atoms with van der Waals surface area (Å²) < 4.78 is 7.55. The Hall–Kier alpha value is -4.45.